The SMILES string of the molecule is CC(=O)c1cccc(NC(=O)CSc2[nH]c3ccccc3[n+]2C)c1. The number of anilines is 1. The number of aromatic amines is 1. The molecule has 2 N–H and O–H groups in total. The summed E-state index contributed by atoms with van der Waals surface area (Å²) in [5.74, 6) is 0.148. The standard InChI is InChI=1S/C18H17N3O2S/c1-12(22)13-6-5-7-14(10-13)19-17(23)11-24-18-20-15-8-3-4-9-16(15)21(18)2/h3-10H,11H2,1-2H3,(H,19,23)/p+1. The molecule has 0 spiro atoms. The summed E-state index contributed by atoms with van der Waals surface area (Å²) in [5.41, 5.74) is 3.35. The highest BCUT2D eigenvalue weighted by Crippen LogP contribution is 2.18. The van der Waals surface area contributed by atoms with E-state index in [4.69, 9.17) is 0 Å². The zero-order chi connectivity index (χ0) is 17.1. The van der Waals surface area contributed by atoms with Gasteiger partial charge in [-0.2, -0.15) is 0 Å². The van der Waals surface area contributed by atoms with Crippen LogP contribution in [0.2, 0.25) is 0 Å². The largest absolute Gasteiger partial charge is 0.325 e. The van der Waals surface area contributed by atoms with Gasteiger partial charge < -0.3 is 5.32 Å². The molecule has 0 aliphatic heterocycles. The number of nitrogens with one attached hydrogen (secondary N) is 2. The van der Waals surface area contributed by atoms with Crippen molar-refractivity contribution in [1.29, 1.82) is 0 Å². The molecule has 0 saturated carbocycles. The minimum absolute atomic E-state index is 0.0226. The van der Waals surface area contributed by atoms with E-state index in [1.54, 1.807) is 24.3 Å². The summed E-state index contributed by atoms with van der Waals surface area (Å²) >= 11 is 1.44. The smallest absolute Gasteiger partial charge is 0.317 e. The highest BCUT2D eigenvalue weighted by molar-refractivity contribution is 7.99. The van der Waals surface area contributed by atoms with Crippen molar-refractivity contribution in [1.82, 2.24) is 4.98 Å². The molecule has 5 nitrogen and oxygen atoms in total. The number of thioether (sulfide) groups is 1. The summed E-state index contributed by atoms with van der Waals surface area (Å²) in [5, 5.41) is 3.75. The molecule has 0 radical (unpaired) electrons. The Labute approximate surface area is 144 Å². The average molecular weight is 340 g/mol. The molecule has 0 bridgehead atoms. The Bertz CT molecular complexity index is 918. The zero-order valence-electron chi connectivity index (χ0n) is 13.5. The van der Waals surface area contributed by atoms with Crippen LogP contribution in [0.25, 0.3) is 11.0 Å². The van der Waals surface area contributed by atoms with Crippen molar-refractivity contribution >= 4 is 40.2 Å². The van der Waals surface area contributed by atoms with Crippen molar-refractivity contribution in [2.75, 3.05) is 11.1 Å². The van der Waals surface area contributed by atoms with Gasteiger partial charge in [0.05, 0.1) is 12.8 Å². The molecule has 1 heterocycles. The van der Waals surface area contributed by atoms with Gasteiger partial charge in [0.15, 0.2) is 16.8 Å². The Morgan fingerprint density at radius 3 is 2.71 bits per heavy atom. The molecule has 0 unspecified atom stereocenters. The van der Waals surface area contributed by atoms with Gasteiger partial charge in [0.25, 0.3) is 0 Å². The van der Waals surface area contributed by atoms with Crippen LogP contribution in [0.1, 0.15) is 17.3 Å². The molecule has 3 rings (SSSR count). The summed E-state index contributed by atoms with van der Waals surface area (Å²) < 4.78 is 2.03. The first-order valence-electron chi connectivity index (χ1n) is 7.55. The van der Waals surface area contributed by atoms with Crippen LogP contribution in [-0.4, -0.2) is 22.4 Å². The highest BCUT2D eigenvalue weighted by Gasteiger charge is 2.16. The van der Waals surface area contributed by atoms with E-state index in [1.165, 1.54) is 18.7 Å². The molecule has 0 fully saturated rings. The third kappa shape index (κ3) is 3.49. The van der Waals surface area contributed by atoms with E-state index in [1.807, 2.05) is 35.9 Å². The number of para-hydroxylation sites is 2. The topological polar surface area (TPSA) is 65.8 Å². The first-order chi connectivity index (χ1) is 11.5. The number of hydrogen-bond donors (Lipinski definition) is 2. The van der Waals surface area contributed by atoms with E-state index in [2.05, 4.69) is 10.3 Å². The second-order valence-corrected chi connectivity index (χ2v) is 6.44. The first-order valence-corrected chi connectivity index (χ1v) is 8.53. The van der Waals surface area contributed by atoms with Crippen LogP contribution in [0.5, 0.6) is 0 Å². The van der Waals surface area contributed by atoms with Crippen LogP contribution < -0.4 is 9.88 Å². The third-order valence-electron chi connectivity index (χ3n) is 3.70. The quantitative estimate of drug-likeness (QED) is 0.426. The van der Waals surface area contributed by atoms with Crippen molar-refractivity contribution < 1.29 is 14.2 Å². The Balaban J connectivity index is 1.66. The molecular weight excluding hydrogens is 322 g/mol. The number of aromatic nitrogens is 2. The lowest BCUT2D eigenvalue weighted by molar-refractivity contribution is -0.683. The number of fused-ring (bicyclic) bond motifs is 1. The molecule has 24 heavy (non-hydrogen) atoms. The number of hydrogen-bond acceptors (Lipinski definition) is 3. The monoisotopic (exact) mass is 340 g/mol. The fourth-order valence-electron chi connectivity index (χ4n) is 2.46. The summed E-state index contributed by atoms with van der Waals surface area (Å²) in [6.07, 6.45) is 0. The summed E-state index contributed by atoms with van der Waals surface area (Å²) in [4.78, 5) is 26.9. The van der Waals surface area contributed by atoms with Gasteiger partial charge in [-0.25, -0.2) is 9.55 Å². The Morgan fingerprint density at radius 1 is 1.17 bits per heavy atom. The van der Waals surface area contributed by atoms with Gasteiger partial charge in [0.2, 0.25) is 5.91 Å². The fraction of sp³-hybridized carbons (Fsp3) is 0.167. The average Bonchev–Trinajstić information content (AvgIpc) is 2.90. The van der Waals surface area contributed by atoms with Gasteiger partial charge in [-0.1, -0.05) is 24.3 Å². The van der Waals surface area contributed by atoms with Gasteiger partial charge >= 0.3 is 5.16 Å². The van der Waals surface area contributed by atoms with Gasteiger partial charge in [-0.3, -0.25) is 9.59 Å². The van der Waals surface area contributed by atoms with E-state index in [-0.39, 0.29) is 17.4 Å². The lowest BCUT2D eigenvalue weighted by atomic mass is 10.1. The number of rotatable bonds is 5. The predicted octanol–water partition coefficient (Wildman–Crippen LogP) is 2.93. The van der Waals surface area contributed by atoms with Gasteiger partial charge in [0, 0.05) is 11.3 Å². The number of benzene rings is 2. The van der Waals surface area contributed by atoms with Crippen LogP contribution in [-0.2, 0) is 11.8 Å². The lowest BCUT2D eigenvalue weighted by Gasteiger charge is -2.05. The Morgan fingerprint density at radius 2 is 1.96 bits per heavy atom. The molecule has 0 atom stereocenters. The van der Waals surface area contributed by atoms with Crippen LogP contribution in [0.4, 0.5) is 5.69 Å². The van der Waals surface area contributed by atoms with Crippen molar-refractivity contribution in [2.45, 2.75) is 12.1 Å². The van der Waals surface area contributed by atoms with Crippen molar-refractivity contribution in [3.63, 3.8) is 0 Å². The molecule has 3 aromatic rings. The number of imidazole rings is 1. The maximum atomic E-state index is 12.2. The molecule has 6 heteroatoms. The van der Waals surface area contributed by atoms with Crippen LogP contribution in [0.3, 0.4) is 0 Å². The number of carbonyl (C=O) groups excluding carboxylic acids is 2. The lowest BCUT2D eigenvalue weighted by Crippen LogP contribution is -2.29. The van der Waals surface area contributed by atoms with Crippen LogP contribution >= 0.6 is 11.8 Å². The molecule has 0 aliphatic rings. The maximum Gasteiger partial charge on any atom is 0.317 e. The number of ketones is 1. The third-order valence-corrected chi connectivity index (χ3v) is 4.76. The Hall–Kier alpha value is -2.60. The molecule has 2 aromatic carbocycles. The summed E-state index contributed by atoms with van der Waals surface area (Å²) in [7, 11) is 1.97. The maximum absolute atomic E-state index is 12.2. The minimum Gasteiger partial charge on any atom is -0.325 e. The number of carbonyl (C=O) groups is 2. The van der Waals surface area contributed by atoms with E-state index in [0.717, 1.165) is 16.2 Å². The van der Waals surface area contributed by atoms with Gasteiger partial charge in [0.1, 0.15) is 0 Å². The van der Waals surface area contributed by atoms with Gasteiger partial charge in [-0.05, 0) is 43.0 Å². The predicted molar refractivity (Wildman–Crippen MR) is 95.3 cm³/mol. The number of H-pyrrole nitrogens is 1. The van der Waals surface area contributed by atoms with E-state index in [9.17, 15) is 9.59 Å². The molecule has 1 aromatic heterocycles. The molecule has 0 aliphatic carbocycles. The summed E-state index contributed by atoms with van der Waals surface area (Å²) in [6.45, 7) is 1.51. The molecule has 1 amide bonds. The molecule has 122 valence electrons. The first kappa shape index (κ1) is 16.3. The highest BCUT2D eigenvalue weighted by atomic mass is 32.2. The second kappa shape index (κ2) is 6.88. The van der Waals surface area contributed by atoms with Crippen molar-refractivity contribution in [2.24, 2.45) is 7.05 Å². The van der Waals surface area contributed by atoms with E-state index < -0.39 is 0 Å². The minimum atomic E-state index is -0.112. The van der Waals surface area contributed by atoms with Gasteiger partial charge in [-0.15, -0.1) is 0 Å². The van der Waals surface area contributed by atoms with Crippen LogP contribution in [0, 0.1) is 0 Å². The van der Waals surface area contributed by atoms with Crippen LogP contribution in [0.15, 0.2) is 53.7 Å². The molecular formula is C18H18N3O2S+. The number of amides is 1. The number of Topliss-reactive ketones (excluding diaryl/α,β-unsaturated/α-hetero) is 1. The second-order valence-electron chi connectivity index (χ2n) is 5.48. The number of nitrogens with zero attached hydrogens (tertiary/aromatic N) is 1. The molecule has 0 saturated heterocycles. The van der Waals surface area contributed by atoms with E-state index >= 15 is 0 Å². The van der Waals surface area contributed by atoms with Crippen molar-refractivity contribution in [3.05, 3.63) is 54.1 Å². The van der Waals surface area contributed by atoms with E-state index in [0.29, 0.717) is 11.3 Å². The fourth-order valence-corrected chi connectivity index (χ4v) is 3.27. The zero-order valence-corrected chi connectivity index (χ0v) is 14.3. The normalized spacial score (nSPS) is 10.8. The number of aryl methyl sites for hydroxylation is 1. The summed E-state index contributed by atoms with van der Waals surface area (Å²) in [6, 6.07) is 15.0. The van der Waals surface area contributed by atoms with Crippen molar-refractivity contribution in [3.8, 4) is 0 Å². The Kier molecular flexibility index (Phi) is 4.66.